The molecule has 3 heterocycles. The fraction of sp³-hybridized carbons (Fsp3) is 0.625. The summed E-state index contributed by atoms with van der Waals surface area (Å²) in [6, 6.07) is 0. The minimum atomic E-state index is -0.0352. The molecule has 0 saturated carbocycles. The summed E-state index contributed by atoms with van der Waals surface area (Å²) in [6.07, 6.45) is 5.39. The van der Waals surface area contributed by atoms with Crippen LogP contribution in [-0.2, 0) is 23.0 Å². The van der Waals surface area contributed by atoms with Crippen molar-refractivity contribution >= 4 is 5.91 Å². The van der Waals surface area contributed by atoms with Gasteiger partial charge in [0.25, 0.3) is 0 Å². The number of amides is 1. The molecule has 0 unspecified atom stereocenters. The second-order valence-corrected chi connectivity index (χ2v) is 6.33. The molecule has 1 fully saturated rings. The van der Waals surface area contributed by atoms with E-state index in [2.05, 4.69) is 20.3 Å². The molecule has 1 saturated heterocycles. The van der Waals surface area contributed by atoms with Gasteiger partial charge in [0.05, 0.1) is 12.3 Å². The zero-order valence-electron chi connectivity index (χ0n) is 14.4. The third kappa shape index (κ3) is 3.48. The molecule has 8 nitrogen and oxygen atoms in total. The summed E-state index contributed by atoms with van der Waals surface area (Å²) in [4.78, 5) is 18.4. The third-order valence-corrected chi connectivity index (χ3v) is 4.82. The number of aromatic amines is 1. The van der Waals surface area contributed by atoms with Gasteiger partial charge in [-0.1, -0.05) is 0 Å². The van der Waals surface area contributed by atoms with Crippen molar-refractivity contribution in [2.45, 2.75) is 38.2 Å². The van der Waals surface area contributed by atoms with E-state index in [4.69, 9.17) is 4.74 Å². The topological polar surface area (TPSA) is 88.9 Å². The molecule has 1 N–H and O–H groups in total. The lowest BCUT2D eigenvalue weighted by atomic mass is 10.0. The molecule has 1 amide bonds. The van der Waals surface area contributed by atoms with Crippen molar-refractivity contribution in [1.82, 2.24) is 29.9 Å². The van der Waals surface area contributed by atoms with Crippen LogP contribution in [0.25, 0.3) is 0 Å². The summed E-state index contributed by atoms with van der Waals surface area (Å²) < 4.78 is 7.63. The molecule has 0 bridgehead atoms. The first-order valence-corrected chi connectivity index (χ1v) is 8.24. The number of likely N-dealkylation sites (N-methyl/N-ethyl adjacent to an activating group) is 1. The average Bonchev–Trinajstić information content (AvgIpc) is 3.29. The lowest BCUT2D eigenvalue weighted by Crippen LogP contribution is -2.36. The number of hydrogen-bond acceptors (Lipinski definition) is 5. The second kappa shape index (κ2) is 7.12. The van der Waals surface area contributed by atoms with Crippen LogP contribution in [0.15, 0.2) is 12.5 Å². The van der Waals surface area contributed by atoms with Gasteiger partial charge in [0.1, 0.15) is 12.2 Å². The minimum absolute atomic E-state index is 0.0352. The van der Waals surface area contributed by atoms with Gasteiger partial charge >= 0.3 is 0 Å². The number of nitrogens with zero attached hydrogens (tertiary/aromatic N) is 5. The normalized spacial score (nSPS) is 20.5. The number of H-pyrrole nitrogens is 1. The Morgan fingerprint density at radius 1 is 1.54 bits per heavy atom. The highest BCUT2D eigenvalue weighted by molar-refractivity contribution is 5.76. The Balaban J connectivity index is 1.53. The molecule has 130 valence electrons. The fourth-order valence-corrected chi connectivity index (χ4v) is 3.13. The van der Waals surface area contributed by atoms with Crippen LogP contribution in [-0.4, -0.2) is 62.1 Å². The van der Waals surface area contributed by atoms with Crippen LogP contribution < -0.4 is 0 Å². The van der Waals surface area contributed by atoms with Crippen LogP contribution in [0.4, 0.5) is 0 Å². The maximum Gasteiger partial charge on any atom is 0.222 e. The van der Waals surface area contributed by atoms with E-state index in [1.807, 2.05) is 31.9 Å². The predicted molar refractivity (Wildman–Crippen MR) is 87.4 cm³/mol. The highest BCUT2D eigenvalue weighted by atomic mass is 16.5. The first-order valence-electron chi connectivity index (χ1n) is 8.24. The minimum Gasteiger partial charge on any atom is -0.376 e. The van der Waals surface area contributed by atoms with Gasteiger partial charge in [-0.05, 0) is 25.3 Å². The Morgan fingerprint density at radius 3 is 3.04 bits per heavy atom. The van der Waals surface area contributed by atoms with Crippen molar-refractivity contribution in [3.05, 3.63) is 29.6 Å². The molecule has 2 atom stereocenters. The van der Waals surface area contributed by atoms with Crippen LogP contribution in [0.1, 0.15) is 35.8 Å². The van der Waals surface area contributed by atoms with Crippen molar-refractivity contribution in [1.29, 1.82) is 0 Å². The Morgan fingerprint density at radius 2 is 2.38 bits per heavy atom. The molecule has 3 rings (SSSR count). The number of carbonyl (C=O) groups is 1. The zero-order valence-corrected chi connectivity index (χ0v) is 14.4. The summed E-state index contributed by atoms with van der Waals surface area (Å²) in [5, 5.41) is 11.0. The van der Waals surface area contributed by atoms with Gasteiger partial charge in [0, 0.05) is 45.3 Å². The summed E-state index contributed by atoms with van der Waals surface area (Å²) in [7, 11) is 3.74. The molecular formula is C16H24N6O2. The molecule has 1 aliphatic heterocycles. The Bertz CT molecular complexity index is 681. The highest BCUT2D eigenvalue weighted by Crippen LogP contribution is 2.29. The standard InChI is InChI=1S/C16H24N6O2/c1-11-12(8-19-22(11)3)4-5-15(23)21(2)9-14-13(6-7-24-14)16-17-10-18-20-16/h8,10,13-14H,4-7,9H2,1-3H3,(H,17,18,20)/t13-,14-/m1/s1. The van der Waals surface area contributed by atoms with E-state index < -0.39 is 0 Å². The van der Waals surface area contributed by atoms with Crippen molar-refractivity contribution in [2.24, 2.45) is 7.05 Å². The fourth-order valence-electron chi connectivity index (χ4n) is 3.13. The van der Waals surface area contributed by atoms with Crippen molar-refractivity contribution in [3.63, 3.8) is 0 Å². The molecule has 2 aromatic heterocycles. The van der Waals surface area contributed by atoms with Crippen molar-refractivity contribution in [3.8, 4) is 0 Å². The number of aryl methyl sites for hydroxylation is 2. The van der Waals surface area contributed by atoms with Crippen LogP contribution in [0.5, 0.6) is 0 Å². The largest absolute Gasteiger partial charge is 0.376 e. The molecule has 0 radical (unpaired) electrons. The van der Waals surface area contributed by atoms with E-state index in [0.717, 1.165) is 23.5 Å². The monoisotopic (exact) mass is 332 g/mol. The van der Waals surface area contributed by atoms with Gasteiger partial charge in [-0.2, -0.15) is 10.2 Å². The molecule has 24 heavy (non-hydrogen) atoms. The number of carbonyl (C=O) groups excluding carboxylic acids is 1. The lowest BCUT2D eigenvalue weighted by molar-refractivity contribution is -0.131. The van der Waals surface area contributed by atoms with Gasteiger partial charge in [-0.15, -0.1) is 0 Å². The SMILES string of the molecule is Cc1c(CCC(=O)N(C)C[C@H]2OCC[C@H]2c2ncn[nH]2)cnn1C. The van der Waals surface area contributed by atoms with Crippen LogP contribution in [0.2, 0.25) is 0 Å². The van der Waals surface area contributed by atoms with Crippen molar-refractivity contribution in [2.75, 3.05) is 20.2 Å². The van der Waals surface area contributed by atoms with Crippen LogP contribution >= 0.6 is 0 Å². The van der Waals surface area contributed by atoms with Crippen LogP contribution in [0.3, 0.4) is 0 Å². The van der Waals surface area contributed by atoms with E-state index in [-0.39, 0.29) is 17.9 Å². The summed E-state index contributed by atoms with van der Waals surface area (Å²) >= 11 is 0. The van der Waals surface area contributed by atoms with E-state index in [1.54, 1.807) is 4.90 Å². The summed E-state index contributed by atoms with van der Waals surface area (Å²) in [5.74, 6) is 1.12. The third-order valence-electron chi connectivity index (χ3n) is 4.82. The maximum absolute atomic E-state index is 12.4. The Kier molecular flexibility index (Phi) is 4.94. The van der Waals surface area contributed by atoms with Gasteiger partial charge in [0.15, 0.2) is 0 Å². The molecule has 1 aliphatic rings. The highest BCUT2D eigenvalue weighted by Gasteiger charge is 2.33. The number of hydrogen-bond donors (Lipinski definition) is 1. The quantitative estimate of drug-likeness (QED) is 0.845. The summed E-state index contributed by atoms with van der Waals surface area (Å²) in [5.41, 5.74) is 2.23. The van der Waals surface area contributed by atoms with Gasteiger partial charge in [-0.3, -0.25) is 14.6 Å². The molecule has 0 aliphatic carbocycles. The van der Waals surface area contributed by atoms with Gasteiger partial charge in [-0.25, -0.2) is 4.98 Å². The first-order chi connectivity index (χ1) is 11.6. The van der Waals surface area contributed by atoms with E-state index in [0.29, 0.717) is 26.0 Å². The van der Waals surface area contributed by atoms with Gasteiger partial charge in [0.2, 0.25) is 5.91 Å². The summed E-state index contributed by atoms with van der Waals surface area (Å²) in [6.45, 7) is 3.27. The van der Waals surface area contributed by atoms with Crippen LogP contribution in [0, 0.1) is 6.92 Å². The molecular weight excluding hydrogens is 308 g/mol. The average molecular weight is 332 g/mol. The zero-order chi connectivity index (χ0) is 17.1. The van der Waals surface area contributed by atoms with Crippen molar-refractivity contribution < 1.29 is 9.53 Å². The van der Waals surface area contributed by atoms with Gasteiger partial charge < -0.3 is 9.64 Å². The number of ether oxygens (including phenoxy) is 1. The maximum atomic E-state index is 12.4. The predicted octanol–water partition coefficient (Wildman–Crippen LogP) is 0.810. The molecule has 0 spiro atoms. The molecule has 0 aromatic carbocycles. The lowest BCUT2D eigenvalue weighted by Gasteiger charge is -2.24. The van der Waals surface area contributed by atoms with E-state index in [1.165, 1.54) is 6.33 Å². The molecule has 2 aromatic rings. The second-order valence-electron chi connectivity index (χ2n) is 6.33. The first kappa shape index (κ1) is 16.6. The number of rotatable bonds is 6. The number of aromatic nitrogens is 5. The van der Waals surface area contributed by atoms with E-state index >= 15 is 0 Å². The Labute approximate surface area is 141 Å². The van der Waals surface area contributed by atoms with E-state index in [9.17, 15) is 4.79 Å². The smallest absolute Gasteiger partial charge is 0.222 e. The number of nitrogens with one attached hydrogen (secondary N) is 1. The molecule has 8 heteroatoms. The Hall–Kier alpha value is -2.22.